The van der Waals surface area contributed by atoms with E-state index in [1.807, 2.05) is 30.3 Å². The molecule has 4 aromatic rings. The lowest BCUT2D eigenvalue weighted by Gasteiger charge is -2.30. The van der Waals surface area contributed by atoms with Crippen LogP contribution in [0.3, 0.4) is 0 Å². The molecule has 0 radical (unpaired) electrons. The lowest BCUT2D eigenvalue weighted by Crippen LogP contribution is -2.26. The van der Waals surface area contributed by atoms with Crippen LogP contribution in [0.2, 0.25) is 0 Å². The molecule has 0 aromatic heterocycles. The number of hydrogen-bond donors (Lipinski definition) is 2. The van der Waals surface area contributed by atoms with E-state index < -0.39 is 17.4 Å². The lowest BCUT2D eigenvalue weighted by molar-refractivity contribution is 0.0687. The molecule has 0 fully saturated rings. The Morgan fingerprint density at radius 3 is 1.63 bits per heavy atom. The van der Waals surface area contributed by atoms with Gasteiger partial charge in [0.15, 0.2) is 0 Å². The molecule has 41 heavy (non-hydrogen) atoms. The van der Waals surface area contributed by atoms with Gasteiger partial charge in [-0.3, -0.25) is 0 Å². The highest BCUT2D eigenvalue weighted by Crippen LogP contribution is 2.44. The Morgan fingerprint density at radius 1 is 0.683 bits per heavy atom. The van der Waals surface area contributed by atoms with Gasteiger partial charge in [-0.15, -0.1) is 23.2 Å². The van der Waals surface area contributed by atoms with Gasteiger partial charge in [-0.2, -0.15) is 0 Å². The first kappa shape index (κ1) is 32.2. The molecular formula is C31H22Br4Cl2O4. The smallest absolute Gasteiger partial charge is 0.336 e. The fourth-order valence-corrected chi connectivity index (χ4v) is 7.88. The molecule has 0 bridgehead atoms. The van der Waals surface area contributed by atoms with Crippen molar-refractivity contribution in [3.8, 4) is 22.3 Å². The molecule has 1 unspecified atom stereocenters. The molecule has 2 N–H and O–H groups in total. The average molecular weight is 849 g/mol. The largest absolute Gasteiger partial charge is 0.478 e. The lowest BCUT2D eigenvalue weighted by atomic mass is 9.77. The van der Waals surface area contributed by atoms with Crippen LogP contribution in [0.15, 0.2) is 80.1 Å². The Morgan fingerprint density at radius 2 is 1.17 bits per heavy atom. The molecule has 4 nitrogen and oxygen atoms in total. The van der Waals surface area contributed by atoms with Gasteiger partial charge in [-0.25, -0.2) is 9.59 Å². The number of halogens is 6. The fourth-order valence-electron chi connectivity index (χ4n) is 4.70. The van der Waals surface area contributed by atoms with Crippen molar-refractivity contribution in [2.75, 3.05) is 5.33 Å². The first-order chi connectivity index (χ1) is 19.4. The predicted molar refractivity (Wildman–Crippen MR) is 180 cm³/mol. The zero-order valence-electron chi connectivity index (χ0n) is 21.5. The molecule has 0 heterocycles. The van der Waals surface area contributed by atoms with E-state index in [1.165, 1.54) is 0 Å². The quantitative estimate of drug-likeness (QED) is 0.165. The number of carboxylic acid groups (broad SMARTS) is 2. The van der Waals surface area contributed by atoms with Crippen molar-refractivity contribution in [1.82, 2.24) is 0 Å². The van der Waals surface area contributed by atoms with Crippen molar-refractivity contribution < 1.29 is 19.8 Å². The highest BCUT2D eigenvalue weighted by molar-refractivity contribution is 9.11. The standard InChI is InChI=1S/C31H22Br4Cl2O4/c1-31(15-32,18-4-7-20(25(33)10-18)23-8-16(13-36)2-5-21(23)29(38)39)19-11-26(34)28(27(35)12-19)24-9-17(14-37)3-6-22(24)30(40)41/h2-12H,13-15H2,1H3,(H,38,39)(H,40,41). The van der Waals surface area contributed by atoms with Crippen LogP contribution in [0.4, 0.5) is 0 Å². The van der Waals surface area contributed by atoms with E-state index >= 15 is 0 Å². The van der Waals surface area contributed by atoms with Gasteiger partial charge >= 0.3 is 11.9 Å². The monoisotopic (exact) mass is 844 g/mol. The number of carboxylic acids is 2. The van der Waals surface area contributed by atoms with E-state index in [0.717, 1.165) is 41.2 Å². The molecule has 1 atom stereocenters. The molecule has 0 saturated carbocycles. The molecule has 0 aliphatic rings. The maximum absolute atomic E-state index is 12.0. The topological polar surface area (TPSA) is 74.6 Å². The fraction of sp³-hybridized carbons (Fsp3) is 0.161. The Hall–Kier alpha value is -1.68. The molecule has 4 aromatic carbocycles. The SMILES string of the molecule is CC(CBr)(c1ccc(-c2cc(CCl)ccc2C(=O)O)c(Br)c1)c1cc(Br)c(-c2cc(CCl)ccc2C(=O)O)c(Br)c1. The number of alkyl halides is 3. The van der Waals surface area contributed by atoms with Crippen molar-refractivity contribution in [3.05, 3.63) is 114 Å². The summed E-state index contributed by atoms with van der Waals surface area (Å²) in [5, 5.41) is 20.2. The highest BCUT2D eigenvalue weighted by atomic mass is 79.9. The first-order valence-electron chi connectivity index (χ1n) is 12.2. The Balaban J connectivity index is 1.83. The minimum absolute atomic E-state index is 0.176. The minimum Gasteiger partial charge on any atom is -0.478 e. The van der Waals surface area contributed by atoms with Crippen LogP contribution in [0.5, 0.6) is 0 Å². The Bertz CT molecular complexity index is 1650. The zero-order valence-corrected chi connectivity index (χ0v) is 29.3. The maximum atomic E-state index is 12.0. The highest BCUT2D eigenvalue weighted by Gasteiger charge is 2.31. The normalized spacial score (nSPS) is 12.7. The van der Waals surface area contributed by atoms with Gasteiger partial charge in [-0.1, -0.05) is 94.9 Å². The number of carbonyl (C=O) groups is 2. The summed E-state index contributed by atoms with van der Waals surface area (Å²) in [7, 11) is 0. The summed E-state index contributed by atoms with van der Waals surface area (Å²) >= 11 is 26.9. The van der Waals surface area contributed by atoms with E-state index in [4.69, 9.17) is 23.2 Å². The van der Waals surface area contributed by atoms with Crippen molar-refractivity contribution in [1.29, 1.82) is 0 Å². The summed E-state index contributed by atoms with van der Waals surface area (Å²) in [4.78, 5) is 24.0. The van der Waals surface area contributed by atoms with Crippen molar-refractivity contribution >= 4 is 98.9 Å². The second-order valence-electron chi connectivity index (χ2n) is 9.61. The average Bonchev–Trinajstić information content (AvgIpc) is 2.95. The molecule has 10 heteroatoms. The Kier molecular flexibility index (Phi) is 10.5. The summed E-state index contributed by atoms with van der Waals surface area (Å²) in [5.74, 6) is -1.51. The third-order valence-electron chi connectivity index (χ3n) is 7.05. The van der Waals surface area contributed by atoms with Crippen molar-refractivity contribution in [2.24, 2.45) is 0 Å². The van der Waals surface area contributed by atoms with Crippen LogP contribution < -0.4 is 0 Å². The van der Waals surface area contributed by atoms with Crippen LogP contribution >= 0.6 is 86.9 Å². The summed E-state index contributed by atoms with van der Waals surface area (Å²) in [5.41, 5.74) is 6.05. The summed E-state index contributed by atoms with van der Waals surface area (Å²) in [6.07, 6.45) is 0. The molecule has 212 valence electrons. The van der Waals surface area contributed by atoms with Gasteiger partial charge in [-0.05, 0) is 81.4 Å². The molecule has 0 saturated heterocycles. The van der Waals surface area contributed by atoms with Crippen LogP contribution in [0.1, 0.15) is 49.9 Å². The van der Waals surface area contributed by atoms with Crippen LogP contribution in [0.25, 0.3) is 22.3 Å². The van der Waals surface area contributed by atoms with Gasteiger partial charge in [0.05, 0.1) is 11.1 Å². The van der Waals surface area contributed by atoms with Crippen LogP contribution in [-0.2, 0) is 17.2 Å². The minimum atomic E-state index is -1.03. The van der Waals surface area contributed by atoms with E-state index in [-0.39, 0.29) is 22.9 Å². The third-order valence-corrected chi connectivity index (χ3v) is 10.7. The van der Waals surface area contributed by atoms with Gasteiger partial charge in [0.25, 0.3) is 0 Å². The number of aromatic carboxylic acids is 2. The van der Waals surface area contributed by atoms with Gasteiger partial charge in [0.1, 0.15) is 0 Å². The first-order valence-corrected chi connectivity index (χ1v) is 16.7. The van der Waals surface area contributed by atoms with E-state index in [0.29, 0.717) is 22.0 Å². The summed E-state index contributed by atoms with van der Waals surface area (Å²) in [6.45, 7) is 2.10. The van der Waals surface area contributed by atoms with Crippen molar-refractivity contribution in [2.45, 2.75) is 24.1 Å². The van der Waals surface area contributed by atoms with Gasteiger partial charge in [0.2, 0.25) is 0 Å². The number of hydrogen-bond acceptors (Lipinski definition) is 2. The van der Waals surface area contributed by atoms with E-state index in [1.54, 1.807) is 36.4 Å². The van der Waals surface area contributed by atoms with E-state index in [9.17, 15) is 19.8 Å². The molecule has 0 aliphatic carbocycles. The molecule has 0 aliphatic heterocycles. The molecular weight excluding hydrogens is 827 g/mol. The van der Waals surface area contributed by atoms with E-state index in [2.05, 4.69) is 70.6 Å². The second-order valence-corrected chi connectivity index (χ2v) is 13.3. The Labute approximate surface area is 281 Å². The number of benzene rings is 4. The zero-order chi connectivity index (χ0) is 30.1. The number of rotatable bonds is 9. The molecule has 0 amide bonds. The van der Waals surface area contributed by atoms with Gasteiger partial charge in [0, 0.05) is 41.5 Å². The maximum Gasteiger partial charge on any atom is 0.336 e. The second kappa shape index (κ2) is 13.3. The predicted octanol–water partition coefficient (Wildman–Crippen LogP) is 10.9. The van der Waals surface area contributed by atoms with Crippen molar-refractivity contribution in [3.63, 3.8) is 0 Å². The molecule has 0 spiro atoms. The third kappa shape index (κ3) is 6.48. The van der Waals surface area contributed by atoms with Crippen LogP contribution in [-0.4, -0.2) is 27.5 Å². The van der Waals surface area contributed by atoms with Gasteiger partial charge < -0.3 is 10.2 Å². The van der Waals surface area contributed by atoms with Crippen LogP contribution in [0, 0.1) is 0 Å². The summed E-state index contributed by atoms with van der Waals surface area (Å²) in [6, 6.07) is 20.1. The molecule has 4 rings (SSSR count). The summed E-state index contributed by atoms with van der Waals surface area (Å²) < 4.78 is 2.20.